The molecule has 0 bridgehead atoms. The molecule has 0 fully saturated rings. The van der Waals surface area contributed by atoms with Crippen LogP contribution in [0.1, 0.15) is 19.4 Å². The lowest BCUT2D eigenvalue weighted by molar-refractivity contribution is -0.138. The molecule has 0 radical (unpaired) electrons. The normalized spacial score (nSPS) is 10.9. The SMILES string of the molecule is COC(C)(C)C(=O)NC(=O)Nc1cc(C)c(Oc2ccncc2)cn1. The summed E-state index contributed by atoms with van der Waals surface area (Å²) in [7, 11) is 1.39. The topological polar surface area (TPSA) is 102 Å². The zero-order chi connectivity index (χ0) is 18.4. The lowest BCUT2D eigenvalue weighted by Crippen LogP contribution is -2.47. The van der Waals surface area contributed by atoms with Gasteiger partial charge in [-0.2, -0.15) is 0 Å². The summed E-state index contributed by atoms with van der Waals surface area (Å²) < 4.78 is 10.7. The Morgan fingerprint density at radius 1 is 1.20 bits per heavy atom. The maximum absolute atomic E-state index is 11.9. The van der Waals surface area contributed by atoms with Gasteiger partial charge < -0.3 is 9.47 Å². The van der Waals surface area contributed by atoms with Crippen molar-refractivity contribution in [2.75, 3.05) is 12.4 Å². The molecule has 25 heavy (non-hydrogen) atoms. The molecule has 2 N–H and O–H groups in total. The first-order valence-electron chi connectivity index (χ1n) is 7.54. The Hall–Kier alpha value is -3.00. The van der Waals surface area contributed by atoms with Gasteiger partial charge in [0.05, 0.1) is 6.20 Å². The quantitative estimate of drug-likeness (QED) is 0.864. The third-order valence-corrected chi connectivity index (χ3v) is 3.47. The van der Waals surface area contributed by atoms with Gasteiger partial charge in [-0.1, -0.05) is 0 Å². The van der Waals surface area contributed by atoms with E-state index in [-0.39, 0.29) is 0 Å². The number of nitrogens with one attached hydrogen (secondary N) is 2. The zero-order valence-electron chi connectivity index (χ0n) is 14.5. The van der Waals surface area contributed by atoms with E-state index < -0.39 is 17.5 Å². The van der Waals surface area contributed by atoms with Crippen LogP contribution in [-0.2, 0) is 9.53 Å². The molecule has 0 saturated carbocycles. The number of urea groups is 1. The number of ether oxygens (including phenoxy) is 2. The minimum Gasteiger partial charge on any atom is -0.455 e. The Bertz CT molecular complexity index is 762. The highest BCUT2D eigenvalue weighted by atomic mass is 16.5. The number of rotatable bonds is 5. The number of hydrogen-bond donors (Lipinski definition) is 2. The molecule has 2 heterocycles. The van der Waals surface area contributed by atoms with Gasteiger partial charge in [-0.05, 0) is 44.5 Å². The highest BCUT2D eigenvalue weighted by Gasteiger charge is 2.28. The minimum absolute atomic E-state index is 0.292. The molecule has 0 aliphatic rings. The van der Waals surface area contributed by atoms with Crippen LogP contribution in [0.15, 0.2) is 36.8 Å². The maximum Gasteiger partial charge on any atom is 0.327 e. The second-order valence-electron chi connectivity index (χ2n) is 5.74. The summed E-state index contributed by atoms with van der Waals surface area (Å²) in [6, 6.07) is 4.40. The van der Waals surface area contributed by atoms with Crippen LogP contribution in [0.3, 0.4) is 0 Å². The molecule has 0 spiro atoms. The molecule has 0 saturated heterocycles. The van der Waals surface area contributed by atoms with Crippen molar-refractivity contribution in [2.45, 2.75) is 26.4 Å². The Kier molecular flexibility index (Phi) is 5.66. The van der Waals surface area contributed by atoms with E-state index in [9.17, 15) is 9.59 Å². The average molecular weight is 344 g/mol. The van der Waals surface area contributed by atoms with E-state index in [2.05, 4.69) is 20.6 Å². The monoisotopic (exact) mass is 344 g/mol. The van der Waals surface area contributed by atoms with E-state index in [1.807, 2.05) is 6.92 Å². The summed E-state index contributed by atoms with van der Waals surface area (Å²) in [5, 5.41) is 4.70. The standard InChI is InChI=1S/C17H20N4O4/c1-11-9-14(20-16(23)21-15(22)17(2,3)24-4)19-10-13(11)25-12-5-7-18-8-6-12/h5-10H,1-4H3,(H2,19,20,21,22,23). The lowest BCUT2D eigenvalue weighted by Gasteiger charge is -2.21. The number of amides is 3. The average Bonchev–Trinajstić information content (AvgIpc) is 2.58. The van der Waals surface area contributed by atoms with Gasteiger partial charge in [0.1, 0.15) is 22.9 Å². The third kappa shape index (κ3) is 4.98. The van der Waals surface area contributed by atoms with Crippen LogP contribution in [0.4, 0.5) is 10.6 Å². The smallest absolute Gasteiger partial charge is 0.327 e. The molecule has 2 aromatic heterocycles. The van der Waals surface area contributed by atoms with Crippen LogP contribution >= 0.6 is 0 Å². The summed E-state index contributed by atoms with van der Waals surface area (Å²) in [6.45, 7) is 4.94. The summed E-state index contributed by atoms with van der Waals surface area (Å²) >= 11 is 0. The van der Waals surface area contributed by atoms with Gasteiger partial charge in [0.2, 0.25) is 0 Å². The van der Waals surface area contributed by atoms with E-state index >= 15 is 0 Å². The molecule has 0 unspecified atom stereocenters. The number of nitrogens with zero attached hydrogens (tertiary/aromatic N) is 2. The number of methoxy groups -OCH3 is 1. The Morgan fingerprint density at radius 2 is 1.88 bits per heavy atom. The molecule has 0 aromatic carbocycles. The van der Waals surface area contributed by atoms with Crippen LogP contribution in [0.5, 0.6) is 11.5 Å². The molecule has 132 valence electrons. The van der Waals surface area contributed by atoms with Crippen LogP contribution in [0, 0.1) is 6.92 Å². The fraction of sp³-hybridized carbons (Fsp3) is 0.294. The van der Waals surface area contributed by atoms with Crippen molar-refractivity contribution >= 4 is 17.8 Å². The van der Waals surface area contributed by atoms with E-state index in [0.717, 1.165) is 5.56 Å². The van der Waals surface area contributed by atoms with Crippen molar-refractivity contribution < 1.29 is 19.1 Å². The molecule has 2 rings (SSSR count). The number of imide groups is 1. The molecule has 0 aliphatic heterocycles. The molecular weight excluding hydrogens is 324 g/mol. The molecule has 8 nitrogen and oxygen atoms in total. The second-order valence-corrected chi connectivity index (χ2v) is 5.74. The first-order chi connectivity index (χ1) is 11.8. The summed E-state index contributed by atoms with van der Waals surface area (Å²) in [5.74, 6) is 0.918. The summed E-state index contributed by atoms with van der Waals surface area (Å²) in [6.07, 6.45) is 4.74. The van der Waals surface area contributed by atoms with E-state index in [1.54, 1.807) is 44.4 Å². The van der Waals surface area contributed by atoms with E-state index in [1.165, 1.54) is 13.3 Å². The predicted molar refractivity (Wildman–Crippen MR) is 91.5 cm³/mol. The summed E-state index contributed by atoms with van der Waals surface area (Å²) in [5.41, 5.74) is -0.339. The molecule has 2 aromatic rings. The maximum atomic E-state index is 11.9. The number of aromatic nitrogens is 2. The molecule has 3 amide bonds. The van der Waals surface area contributed by atoms with Crippen LogP contribution < -0.4 is 15.4 Å². The fourth-order valence-corrected chi connectivity index (χ4v) is 1.75. The number of carbonyl (C=O) groups is 2. The Labute approximate surface area is 145 Å². The second kappa shape index (κ2) is 7.71. The molecule has 0 aliphatic carbocycles. The highest BCUT2D eigenvalue weighted by Crippen LogP contribution is 2.25. The third-order valence-electron chi connectivity index (χ3n) is 3.47. The van der Waals surface area contributed by atoms with Gasteiger partial charge in [0, 0.05) is 19.5 Å². The lowest BCUT2D eigenvalue weighted by atomic mass is 10.1. The van der Waals surface area contributed by atoms with Gasteiger partial charge >= 0.3 is 6.03 Å². The van der Waals surface area contributed by atoms with Crippen molar-refractivity contribution in [2.24, 2.45) is 0 Å². The zero-order valence-corrected chi connectivity index (χ0v) is 14.5. The number of pyridine rings is 2. The van der Waals surface area contributed by atoms with Crippen LogP contribution in [0.25, 0.3) is 0 Å². The van der Waals surface area contributed by atoms with E-state index in [4.69, 9.17) is 9.47 Å². The number of hydrogen-bond acceptors (Lipinski definition) is 6. The van der Waals surface area contributed by atoms with Crippen molar-refractivity contribution in [1.82, 2.24) is 15.3 Å². The summed E-state index contributed by atoms with van der Waals surface area (Å²) in [4.78, 5) is 31.8. The largest absolute Gasteiger partial charge is 0.455 e. The van der Waals surface area contributed by atoms with Gasteiger partial charge in [0.25, 0.3) is 5.91 Å². The van der Waals surface area contributed by atoms with Crippen molar-refractivity contribution in [3.8, 4) is 11.5 Å². The number of aryl methyl sites for hydroxylation is 1. The highest BCUT2D eigenvalue weighted by molar-refractivity contribution is 6.03. The van der Waals surface area contributed by atoms with Crippen molar-refractivity contribution in [3.63, 3.8) is 0 Å². The number of carbonyl (C=O) groups excluding carboxylic acids is 2. The Balaban J connectivity index is 2.01. The minimum atomic E-state index is -1.11. The van der Waals surface area contributed by atoms with E-state index in [0.29, 0.717) is 17.3 Å². The van der Waals surface area contributed by atoms with Gasteiger partial charge in [-0.15, -0.1) is 0 Å². The molecule has 0 atom stereocenters. The van der Waals surface area contributed by atoms with Crippen molar-refractivity contribution in [3.05, 3.63) is 42.4 Å². The van der Waals surface area contributed by atoms with Gasteiger partial charge in [-0.3, -0.25) is 20.4 Å². The Morgan fingerprint density at radius 3 is 2.48 bits per heavy atom. The molecule has 8 heteroatoms. The molecular formula is C17H20N4O4. The van der Waals surface area contributed by atoms with Gasteiger partial charge in [-0.25, -0.2) is 9.78 Å². The van der Waals surface area contributed by atoms with Crippen molar-refractivity contribution in [1.29, 1.82) is 0 Å². The van der Waals surface area contributed by atoms with Crippen LogP contribution in [-0.4, -0.2) is 34.6 Å². The van der Waals surface area contributed by atoms with Gasteiger partial charge in [0.15, 0.2) is 0 Å². The van der Waals surface area contributed by atoms with Crippen LogP contribution in [0.2, 0.25) is 0 Å². The predicted octanol–water partition coefficient (Wildman–Crippen LogP) is 2.65. The fourth-order valence-electron chi connectivity index (χ4n) is 1.75. The first kappa shape index (κ1) is 18.3. The number of anilines is 1. The first-order valence-corrected chi connectivity index (χ1v) is 7.54.